The molecule has 124 valence electrons. The van der Waals surface area contributed by atoms with E-state index in [1.54, 1.807) is 6.08 Å². The lowest BCUT2D eigenvalue weighted by Gasteiger charge is -2.11. The lowest BCUT2D eigenvalue weighted by atomic mass is 10.0. The first-order valence-electron chi connectivity index (χ1n) is 7.42. The van der Waals surface area contributed by atoms with Crippen LogP contribution in [0.1, 0.15) is 11.1 Å². The topological polar surface area (TPSA) is 81.5 Å². The minimum atomic E-state index is -0.449. The van der Waals surface area contributed by atoms with Crippen molar-refractivity contribution < 1.29 is 14.5 Å². The van der Waals surface area contributed by atoms with Gasteiger partial charge in [0.1, 0.15) is 5.75 Å². The van der Waals surface area contributed by atoms with Gasteiger partial charge in [-0.2, -0.15) is 0 Å². The number of nitrogens with zero attached hydrogens (tertiary/aromatic N) is 1. The quantitative estimate of drug-likeness (QED) is 0.459. The summed E-state index contributed by atoms with van der Waals surface area (Å²) in [6, 6.07) is 13.9. The van der Waals surface area contributed by atoms with Gasteiger partial charge >= 0.3 is 0 Å². The van der Waals surface area contributed by atoms with E-state index in [2.05, 4.69) is 11.9 Å². The predicted octanol–water partition coefficient (Wildman–Crippen LogP) is 2.87. The Hall–Kier alpha value is -3.15. The Morgan fingerprint density at radius 2 is 2.00 bits per heavy atom. The van der Waals surface area contributed by atoms with Crippen molar-refractivity contribution in [1.82, 2.24) is 5.32 Å². The monoisotopic (exact) mass is 326 g/mol. The zero-order chi connectivity index (χ0) is 17.4. The van der Waals surface area contributed by atoms with E-state index < -0.39 is 4.92 Å². The molecule has 2 aromatic rings. The van der Waals surface area contributed by atoms with E-state index in [9.17, 15) is 14.9 Å². The van der Waals surface area contributed by atoms with Crippen LogP contribution in [0.2, 0.25) is 0 Å². The average Bonchev–Trinajstić information content (AvgIpc) is 2.59. The first-order chi connectivity index (χ1) is 11.6. The van der Waals surface area contributed by atoms with E-state index in [0.717, 1.165) is 5.56 Å². The molecule has 1 amide bonds. The second-order valence-corrected chi connectivity index (χ2v) is 5.09. The van der Waals surface area contributed by atoms with Crippen LogP contribution in [0.3, 0.4) is 0 Å². The number of carbonyl (C=O) groups is 1. The molecule has 0 bridgehead atoms. The van der Waals surface area contributed by atoms with Crippen LogP contribution in [0.25, 0.3) is 0 Å². The second kappa shape index (κ2) is 8.47. The van der Waals surface area contributed by atoms with Crippen LogP contribution in [0.15, 0.2) is 61.2 Å². The molecule has 6 nitrogen and oxygen atoms in total. The van der Waals surface area contributed by atoms with Gasteiger partial charge in [-0.15, -0.1) is 6.58 Å². The van der Waals surface area contributed by atoms with Crippen molar-refractivity contribution in [3.63, 3.8) is 0 Å². The molecule has 1 N–H and O–H groups in total. The van der Waals surface area contributed by atoms with E-state index >= 15 is 0 Å². The maximum absolute atomic E-state index is 11.6. The SMILES string of the molecule is C=CCNC(=O)COc1ccc([N+](=O)[O-])cc1Cc1ccccc1. The Balaban J connectivity index is 2.18. The summed E-state index contributed by atoms with van der Waals surface area (Å²) in [5.41, 5.74) is 1.65. The van der Waals surface area contributed by atoms with Crippen LogP contribution in [0.5, 0.6) is 5.75 Å². The molecule has 0 saturated heterocycles. The zero-order valence-electron chi connectivity index (χ0n) is 13.1. The predicted molar refractivity (Wildman–Crippen MR) is 91.0 cm³/mol. The third kappa shape index (κ3) is 4.95. The molecule has 0 radical (unpaired) electrons. The number of nitrogens with one attached hydrogen (secondary N) is 1. The molecule has 0 aliphatic heterocycles. The molecule has 2 rings (SSSR count). The van der Waals surface area contributed by atoms with Crippen molar-refractivity contribution in [2.75, 3.05) is 13.2 Å². The van der Waals surface area contributed by atoms with E-state index in [4.69, 9.17) is 4.74 Å². The second-order valence-electron chi connectivity index (χ2n) is 5.09. The number of nitro groups is 1. The Morgan fingerprint density at radius 3 is 2.67 bits per heavy atom. The molecule has 0 aliphatic rings. The number of hydrogen-bond acceptors (Lipinski definition) is 4. The smallest absolute Gasteiger partial charge is 0.269 e. The van der Waals surface area contributed by atoms with Crippen molar-refractivity contribution in [3.8, 4) is 5.75 Å². The van der Waals surface area contributed by atoms with Crippen LogP contribution in [0.4, 0.5) is 5.69 Å². The molecule has 2 aromatic carbocycles. The van der Waals surface area contributed by atoms with E-state index in [-0.39, 0.29) is 18.2 Å². The summed E-state index contributed by atoms with van der Waals surface area (Å²) in [5.74, 6) is 0.178. The lowest BCUT2D eigenvalue weighted by Crippen LogP contribution is -2.28. The highest BCUT2D eigenvalue weighted by Crippen LogP contribution is 2.26. The van der Waals surface area contributed by atoms with Crippen LogP contribution in [-0.4, -0.2) is 24.0 Å². The molecule has 0 unspecified atom stereocenters. The Kier molecular flexibility index (Phi) is 6.08. The summed E-state index contributed by atoms with van der Waals surface area (Å²) in [4.78, 5) is 22.2. The highest BCUT2D eigenvalue weighted by atomic mass is 16.6. The summed E-state index contributed by atoms with van der Waals surface area (Å²) in [5, 5.41) is 13.6. The summed E-state index contributed by atoms with van der Waals surface area (Å²) in [7, 11) is 0. The van der Waals surface area contributed by atoms with E-state index in [1.165, 1.54) is 18.2 Å². The number of ether oxygens (including phenoxy) is 1. The molecular weight excluding hydrogens is 308 g/mol. The summed E-state index contributed by atoms with van der Waals surface area (Å²) < 4.78 is 5.53. The highest BCUT2D eigenvalue weighted by molar-refractivity contribution is 5.77. The fourth-order valence-corrected chi connectivity index (χ4v) is 2.15. The molecule has 0 atom stereocenters. The molecule has 24 heavy (non-hydrogen) atoms. The highest BCUT2D eigenvalue weighted by Gasteiger charge is 2.13. The van der Waals surface area contributed by atoms with Gasteiger partial charge < -0.3 is 10.1 Å². The van der Waals surface area contributed by atoms with Crippen molar-refractivity contribution in [2.24, 2.45) is 0 Å². The standard InChI is InChI=1S/C18H18N2O4/c1-2-10-19-18(21)13-24-17-9-8-16(20(22)23)12-15(17)11-14-6-4-3-5-7-14/h2-9,12H,1,10-11,13H2,(H,19,21). The van der Waals surface area contributed by atoms with Gasteiger partial charge in [-0.25, -0.2) is 0 Å². The Labute approximate surface area is 139 Å². The van der Waals surface area contributed by atoms with Crippen LogP contribution < -0.4 is 10.1 Å². The fourth-order valence-electron chi connectivity index (χ4n) is 2.15. The number of hydrogen-bond donors (Lipinski definition) is 1. The largest absolute Gasteiger partial charge is 0.483 e. The Bertz CT molecular complexity index is 729. The van der Waals surface area contributed by atoms with Crippen molar-refractivity contribution in [1.29, 1.82) is 0 Å². The molecule has 0 spiro atoms. The van der Waals surface area contributed by atoms with Gasteiger partial charge in [-0.05, 0) is 11.6 Å². The number of carbonyl (C=O) groups excluding carboxylic acids is 1. The number of rotatable bonds is 8. The first kappa shape index (κ1) is 17.2. The molecule has 0 heterocycles. The average molecular weight is 326 g/mol. The van der Waals surface area contributed by atoms with E-state index in [0.29, 0.717) is 24.3 Å². The van der Waals surface area contributed by atoms with Crippen molar-refractivity contribution in [2.45, 2.75) is 6.42 Å². The summed E-state index contributed by atoms with van der Waals surface area (Å²) in [6.45, 7) is 3.72. The van der Waals surface area contributed by atoms with Gasteiger partial charge in [0.15, 0.2) is 6.61 Å². The fraction of sp³-hybridized carbons (Fsp3) is 0.167. The van der Waals surface area contributed by atoms with E-state index in [1.807, 2.05) is 30.3 Å². The first-order valence-corrected chi connectivity index (χ1v) is 7.42. The molecule has 6 heteroatoms. The number of benzene rings is 2. The van der Waals surface area contributed by atoms with Crippen molar-refractivity contribution in [3.05, 3.63) is 82.4 Å². The molecule has 0 aliphatic carbocycles. The molecule has 0 saturated carbocycles. The van der Waals surface area contributed by atoms with Crippen LogP contribution in [-0.2, 0) is 11.2 Å². The van der Waals surface area contributed by atoms with Gasteiger partial charge in [0, 0.05) is 30.7 Å². The van der Waals surface area contributed by atoms with Gasteiger partial charge in [0.25, 0.3) is 11.6 Å². The summed E-state index contributed by atoms with van der Waals surface area (Å²) >= 11 is 0. The number of nitro benzene ring substituents is 1. The maximum atomic E-state index is 11.6. The molecule has 0 fully saturated rings. The van der Waals surface area contributed by atoms with Crippen LogP contribution in [0, 0.1) is 10.1 Å². The molecular formula is C18H18N2O4. The minimum Gasteiger partial charge on any atom is -0.483 e. The third-order valence-corrected chi connectivity index (χ3v) is 3.29. The van der Waals surface area contributed by atoms with Crippen molar-refractivity contribution >= 4 is 11.6 Å². The maximum Gasteiger partial charge on any atom is 0.269 e. The zero-order valence-corrected chi connectivity index (χ0v) is 13.1. The molecule has 0 aromatic heterocycles. The lowest BCUT2D eigenvalue weighted by molar-refractivity contribution is -0.384. The summed E-state index contributed by atoms with van der Waals surface area (Å²) in [6.07, 6.45) is 2.05. The normalized spacial score (nSPS) is 10.0. The van der Waals surface area contributed by atoms with Gasteiger partial charge in [-0.1, -0.05) is 36.4 Å². The van der Waals surface area contributed by atoms with Gasteiger partial charge in [0.05, 0.1) is 4.92 Å². The minimum absolute atomic E-state index is 0.00982. The number of non-ortho nitro benzene ring substituents is 1. The van der Waals surface area contributed by atoms with Gasteiger partial charge in [0.2, 0.25) is 0 Å². The number of amides is 1. The third-order valence-electron chi connectivity index (χ3n) is 3.29. The van der Waals surface area contributed by atoms with Gasteiger partial charge in [-0.3, -0.25) is 14.9 Å². The Morgan fingerprint density at radius 1 is 1.25 bits per heavy atom. The van der Waals surface area contributed by atoms with Crippen LogP contribution >= 0.6 is 0 Å².